The predicted molar refractivity (Wildman–Crippen MR) is 51.2 cm³/mol. The van der Waals surface area contributed by atoms with Gasteiger partial charge in [-0.3, -0.25) is 0 Å². The summed E-state index contributed by atoms with van der Waals surface area (Å²) in [6, 6.07) is 5.46. The lowest BCUT2D eigenvalue weighted by Crippen LogP contribution is -2.02. The van der Waals surface area contributed by atoms with Gasteiger partial charge < -0.3 is 5.11 Å². The van der Waals surface area contributed by atoms with Gasteiger partial charge in [0.25, 0.3) is 0 Å². The molecule has 0 fully saturated rings. The van der Waals surface area contributed by atoms with Crippen molar-refractivity contribution in [2.75, 3.05) is 0 Å². The number of rotatable bonds is 1. The number of hydrogen-bond donors (Lipinski definition) is 1. The van der Waals surface area contributed by atoms with Gasteiger partial charge in [-0.1, -0.05) is 11.6 Å². The van der Waals surface area contributed by atoms with Crippen LogP contribution in [0.1, 0.15) is 16.1 Å². The van der Waals surface area contributed by atoms with E-state index < -0.39 is 5.97 Å². The van der Waals surface area contributed by atoms with Gasteiger partial charge in [0.15, 0.2) is 5.69 Å². The molecule has 0 unspecified atom stereocenters. The maximum absolute atomic E-state index is 10.8. The summed E-state index contributed by atoms with van der Waals surface area (Å²) < 4.78 is 0. The summed E-state index contributed by atoms with van der Waals surface area (Å²) in [7, 11) is 0. The van der Waals surface area contributed by atoms with Crippen LogP contribution in [-0.2, 0) is 0 Å². The highest BCUT2D eigenvalue weighted by Gasteiger charge is 2.09. The van der Waals surface area contributed by atoms with Crippen LogP contribution in [0, 0.1) is 6.92 Å². The average molecular weight is 188 g/mol. The Morgan fingerprint density at radius 3 is 2.86 bits per heavy atom. The van der Waals surface area contributed by atoms with Crippen LogP contribution in [0.4, 0.5) is 0 Å². The van der Waals surface area contributed by atoms with Crippen molar-refractivity contribution in [3.05, 3.63) is 35.8 Å². The minimum atomic E-state index is -1.03. The van der Waals surface area contributed by atoms with Gasteiger partial charge in [0.05, 0.1) is 5.52 Å². The van der Waals surface area contributed by atoms with Gasteiger partial charge >= 0.3 is 5.97 Å². The molecule has 1 heterocycles. The van der Waals surface area contributed by atoms with E-state index in [1.54, 1.807) is 12.1 Å². The lowest BCUT2D eigenvalue weighted by Gasteiger charge is -2.00. The molecule has 0 saturated heterocycles. The monoisotopic (exact) mass is 188 g/mol. The fourth-order valence-corrected chi connectivity index (χ4v) is 1.34. The summed E-state index contributed by atoms with van der Waals surface area (Å²) in [6.45, 7) is 1.90. The largest absolute Gasteiger partial charge is 0.476 e. The van der Waals surface area contributed by atoms with Crippen LogP contribution in [0.3, 0.4) is 0 Å². The summed E-state index contributed by atoms with van der Waals surface area (Å²) in [5.41, 5.74) is 1.71. The zero-order valence-corrected chi connectivity index (χ0v) is 7.56. The number of fused-ring (bicyclic) bond motifs is 1. The van der Waals surface area contributed by atoms with E-state index in [0.29, 0.717) is 10.9 Å². The first-order chi connectivity index (χ1) is 6.68. The molecule has 0 bridgehead atoms. The number of carboxylic acid groups (broad SMARTS) is 1. The lowest BCUT2D eigenvalue weighted by molar-refractivity contribution is 0.0692. The number of benzene rings is 1. The number of carbonyl (C=O) groups is 1. The van der Waals surface area contributed by atoms with E-state index in [0.717, 1.165) is 5.56 Å². The van der Waals surface area contributed by atoms with E-state index in [1.165, 1.54) is 6.33 Å². The molecule has 2 rings (SSSR count). The second-order valence-electron chi connectivity index (χ2n) is 3.05. The molecule has 0 atom stereocenters. The first-order valence-corrected chi connectivity index (χ1v) is 4.13. The van der Waals surface area contributed by atoms with Gasteiger partial charge in [0.1, 0.15) is 6.33 Å². The molecule has 0 aliphatic heterocycles. The predicted octanol–water partition coefficient (Wildman–Crippen LogP) is 1.64. The fraction of sp³-hybridized carbons (Fsp3) is 0.100. The zero-order chi connectivity index (χ0) is 10.1. The van der Waals surface area contributed by atoms with Crippen molar-refractivity contribution in [1.82, 2.24) is 9.97 Å². The molecular weight excluding hydrogens is 180 g/mol. The molecule has 14 heavy (non-hydrogen) atoms. The average Bonchev–Trinajstić information content (AvgIpc) is 2.16. The van der Waals surface area contributed by atoms with Gasteiger partial charge in [-0.15, -0.1) is 0 Å². The van der Waals surface area contributed by atoms with Crippen LogP contribution in [0.15, 0.2) is 24.5 Å². The van der Waals surface area contributed by atoms with E-state index in [-0.39, 0.29) is 5.69 Å². The molecule has 1 N–H and O–H groups in total. The third-order valence-corrected chi connectivity index (χ3v) is 1.99. The smallest absolute Gasteiger partial charge is 0.355 e. The summed E-state index contributed by atoms with van der Waals surface area (Å²) in [5, 5.41) is 9.47. The SMILES string of the molecule is Cc1ccc2ncnc(C(=O)O)c2c1. The Morgan fingerprint density at radius 2 is 2.14 bits per heavy atom. The lowest BCUT2D eigenvalue weighted by atomic mass is 10.1. The summed E-state index contributed by atoms with van der Waals surface area (Å²) in [6.07, 6.45) is 1.26. The van der Waals surface area contributed by atoms with E-state index in [1.807, 2.05) is 13.0 Å². The van der Waals surface area contributed by atoms with Gasteiger partial charge in [0.2, 0.25) is 0 Å². The zero-order valence-electron chi connectivity index (χ0n) is 7.56. The Bertz CT molecular complexity index is 508. The topological polar surface area (TPSA) is 63.1 Å². The van der Waals surface area contributed by atoms with Crippen LogP contribution in [0.25, 0.3) is 10.9 Å². The van der Waals surface area contributed by atoms with E-state index in [9.17, 15) is 4.79 Å². The van der Waals surface area contributed by atoms with E-state index >= 15 is 0 Å². The van der Waals surface area contributed by atoms with Crippen molar-refractivity contribution in [2.45, 2.75) is 6.92 Å². The van der Waals surface area contributed by atoms with Crippen molar-refractivity contribution in [3.8, 4) is 0 Å². The Hall–Kier alpha value is -1.97. The highest BCUT2D eigenvalue weighted by Crippen LogP contribution is 2.15. The molecule has 0 amide bonds. The van der Waals surface area contributed by atoms with Crippen LogP contribution >= 0.6 is 0 Å². The fourth-order valence-electron chi connectivity index (χ4n) is 1.34. The highest BCUT2D eigenvalue weighted by atomic mass is 16.4. The van der Waals surface area contributed by atoms with Gasteiger partial charge in [-0.2, -0.15) is 0 Å². The standard InChI is InChI=1S/C10H8N2O2/c1-6-2-3-8-7(4-6)9(10(13)14)12-5-11-8/h2-5H,1H3,(H,13,14). The van der Waals surface area contributed by atoms with Crippen molar-refractivity contribution >= 4 is 16.9 Å². The minimum absolute atomic E-state index is 0.0544. The van der Waals surface area contributed by atoms with Crippen molar-refractivity contribution in [1.29, 1.82) is 0 Å². The second kappa shape index (κ2) is 3.06. The minimum Gasteiger partial charge on any atom is -0.476 e. The Labute approximate surface area is 80.2 Å². The number of aryl methyl sites for hydroxylation is 1. The third kappa shape index (κ3) is 1.31. The highest BCUT2D eigenvalue weighted by molar-refractivity contribution is 6.00. The number of hydrogen-bond acceptors (Lipinski definition) is 3. The molecule has 2 aromatic rings. The van der Waals surface area contributed by atoms with Crippen LogP contribution in [0.2, 0.25) is 0 Å². The van der Waals surface area contributed by atoms with Crippen LogP contribution in [0.5, 0.6) is 0 Å². The molecule has 4 heteroatoms. The van der Waals surface area contributed by atoms with Gasteiger partial charge in [-0.05, 0) is 19.1 Å². The molecule has 0 aliphatic carbocycles. The van der Waals surface area contributed by atoms with E-state index in [2.05, 4.69) is 9.97 Å². The summed E-state index contributed by atoms with van der Waals surface area (Å²) in [5.74, 6) is -1.03. The van der Waals surface area contributed by atoms with Crippen molar-refractivity contribution in [2.24, 2.45) is 0 Å². The molecule has 0 saturated carbocycles. The maximum atomic E-state index is 10.8. The van der Waals surface area contributed by atoms with Gasteiger partial charge in [0, 0.05) is 5.39 Å². The second-order valence-corrected chi connectivity index (χ2v) is 3.05. The Balaban J connectivity index is 2.84. The Morgan fingerprint density at radius 1 is 1.36 bits per heavy atom. The summed E-state index contributed by atoms with van der Waals surface area (Å²) in [4.78, 5) is 18.6. The van der Waals surface area contributed by atoms with Crippen LogP contribution < -0.4 is 0 Å². The molecule has 1 aromatic carbocycles. The quantitative estimate of drug-likeness (QED) is 0.738. The van der Waals surface area contributed by atoms with Crippen molar-refractivity contribution in [3.63, 3.8) is 0 Å². The maximum Gasteiger partial charge on any atom is 0.355 e. The normalized spacial score (nSPS) is 10.4. The molecular formula is C10H8N2O2. The molecule has 4 nitrogen and oxygen atoms in total. The molecule has 70 valence electrons. The van der Waals surface area contributed by atoms with Crippen LogP contribution in [-0.4, -0.2) is 21.0 Å². The number of aromatic carboxylic acids is 1. The molecule has 0 radical (unpaired) electrons. The number of nitrogens with zero attached hydrogens (tertiary/aromatic N) is 2. The third-order valence-electron chi connectivity index (χ3n) is 1.99. The number of carboxylic acids is 1. The summed E-state index contributed by atoms with van der Waals surface area (Å²) >= 11 is 0. The first-order valence-electron chi connectivity index (χ1n) is 4.13. The molecule has 0 aliphatic rings. The molecule has 1 aromatic heterocycles. The Kier molecular flexibility index (Phi) is 1.89. The number of aromatic nitrogens is 2. The first kappa shape index (κ1) is 8.62. The van der Waals surface area contributed by atoms with Crippen molar-refractivity contribution < 1.29 is 9.90 Å². The van der Waals surface area contributed by atoms with E-state index in [4.69, 9.17) is 5.11 Å². The molecule has 0 spiro atoms. The van der Waals surface area contributed by atoms with Gasteiger partial charge in [-0.25, -0.2) is 14.8 Å².